The van der Waals surface area contributed by atoms with Gasteiger partial charge in [0.15, 0.2) is 0 Å². The summed E-state index contributed by atoms with van der Waals surface area (Å²) in [7, 11) is 2.24. The van der Waals surface area contributed by atoms with Crippen LogP contribution in [0.5, 0.6) is 0 Å². The highest BCUT2D eigenvalue weighted by atomic mass is 16.1. The monoisotopic (exact) mass is 389 g/mol. The Hall–Kier alpha value is -2.92. The average Bonchev–Trinajstić information content (AvgIpc) is 2.72. The van der Waals surface area contributed by atoms with E-state index in [0.717, 1.165) is 59.6 Å². The lowest BCUT2D eigenvalue weighted by Crippen LogP contribution is -3.12. The number of quaternary nitrogens is 1. The third-order valence-corrected chi connectivity index (χ3v) is 5.96. The van der Waals surface area contributed by atoms with Crippen LogP contribution in [0.4, 0.5) is 11.4 Å². The number of para-hydroxylation sites is 1. The molecule has 29 heavy (non-hydrogen) atoms. The van der Waals surface area contributed by atoms with E-state index >= 15 is 0 Å². The number of carbonyl (C=O) groups excluding carboxylic acids is 1. The second-order valence-corrected chi connectivity index (χ2v) is 8.03. The van der Waals surface area contributed by atoms with Crippen molar-refractivity contribution < 1.29 is 9.69 Å². The zero-order valence-corrected chi connectivity index (χ0v) is 17.5. The normalized spacial score (nSPS) is 14.9. The molecule has 2 heterocycles. The Balaban J connectivity index is 1.44. The first-order valence-electron chi connectivity index (χ1n) is 10.3. The van der Waals surface area contributed by atoms with Crippen LogP contribution in [0.2, 0.25) is 0 Å². The molecule has 1 fully saturated rings. The second-order valence-electron chi connectivity index (χ2n) is 8.03. The fraction of sp³-hybridized carbons (Fsp3) is 0.333. The van der Waals surface area contributed by atoms with Gasteiger partial charge in [-0.3, -0.25) is 9.78 Å². The van der Waals surface area contributed by atoms with Crippen LogP contribution in [-0.2, 0) is 11.2 Å². The SMILES string of the molecule is Cc1nc2ccccc2c(C)c1CC(=O)Nc1ccc(N2CC[NH+](C)CC2)cc1. The number of pyridine rings is 1. The molecule has 0 saturated carbocycles. The summed E-state index contributed by atoms with van der Waals surface area (Å²) in [5, 5.41) is 4.15. The summed E-state index contributed by atoms with van der Waals surface area (Å²) in [4.78, 5) is 21.4. The van der Waals surface area contributed by atoms with E-state index in [1.807, 2.05) is 37.3 Å². The lowest BCUT2D eigenvalue weighted by molar-refractivity contribution is -0.880. The van der Waals surface area contributed by atoms with Crippen molar-refractivity contribution >= 4 is 28.2 Å². The van der Waals surface area contributed by atoms with Gasteiger partial charge in [0.05, 0.1) is 45.2 Å². The molecular formula is C24H29N4O+. The molecule has 1 aromatic heterocycles. The van der Waals surface area contributed by atoms with Crippen molar-refractivity contribution in [2.45, 2.75) is 20.3 Å². The van der Waals surface area contributed by atoms with Crippen molar-refractivity contribution in [1.82, 2.24) is 4.98 Å². The highest BCUT2D eigenvalue weighted by molar-refractivity contribution is 5.94. The Labute approximate surface area is 172 Å². The Morgan fingerprint density at radius 2 is 1.76 bits per heavy atom. The van der Waals surface area contributed by atoms with Gasteiger partial charge in [0, 0.05) is 22.5 Å². The first-order valence-corrected chi connectivity index (χ1v) is 10.3. The Morgan fingerprint density at radius 3 is 2.48 bits per heavy atom. The van der Waals surface area contributed by atoms with E-state index in [1.165, 1.54) is 5.69 Å². The molecule has 0 radical (unpaired) electrons. The molecule has 2 aromatic carbocycles. The minimum atomic E-state index is -0.00997. The maximum absolute atomic E-state index is 12.7. The molecule has 1 aliphatic heterocycles. The average molecular weight is 390 g/mol. The number of likely N-dealkylation sites (N-methyl/N-ethyl adjacent to an activating group) is 1. The number of anilines is 2. The summed E-state index contributed by atoms with van der Waals surface area (Å²) < 4.78 is 0. The molecule has 0 aliphatic carbocycles. The van der Waals surface area contributed by atoms with Crippen LogP contribution >= 0.6 is 0 Å². The highest BCUT2D eigenvalue weighted by Gasteiger charge is 2.17. The van der Waals surface area contributed by atoms with E-state index in [4.69, 9.17) is 0 Å². The van der Waals surface area contributed by atoms with Crippen LogP contribution < -0.4 is 15.1 Å². The topological polar surface area (TPSA) is 49.7 Å². The van der Waals surface area contributed by atoms with Crippen LogP contribution in [0.1, 0.15) is 16.8 Å². The molecule has 0 bridgehead atoms. The molecule has 1 amide bonds. The number of benzene rings is 2. The van der Waals surface area contributed by atoms with Gasteiger partial charge < -0.3 is 15.1 Å². The molecule has 3 aromatic rings. The van der Waals surface area contributed by atoms with Crippen LogP contribution in [0.15, 0.2) is 48.5 Å². The summed E-state index contributed by atoms with van der Waals surface area (Å²) in [6.07, 6.45) is 0.332. The Morgan fingerprint density at radius 1 is 1.07 bits per heavy atom. The van der Waals surface area contributed by atoms with Crippen molar-refractivity contribution in [3.05, 3.63) is 65.4 Å². The van der Waals surface area contributed by atoms with E-state index in [9.17, 15) is 4.79 Å². The number of aromatic nitrogens is 1. The van der Waals surface area contributed by atoms with Crippen LogP contribution in [-0.4, -0.2) is 44.1 Å². The van der Waals surface area contributed by atoms with Crippen molar-refractivity contribution in [3.63, 3.8) is 0 Å². The number of rotatable bonds is 4. The van der Waals surface area contributed by atoms with E-state index < -0.39 is 0 Å². The molecule has 150 valence electrons. The maximum atomic E-state index is 12.7. The van der Waals surface area contributed by atoms with Crippen molar-refractivity contribution in [1.29, 1.82) is 0 Å². The Bertz CT molecular complexity index is 1020. The van der Waals surface area contributed by atoms with Crippen LogP contribution in [0.25, 0.3) is 10.9 Å². The lowest BCUT2D eigenvalue weighted by atomic mass is 9.99. The van der Waals surface area contributed by atoms with Gasteiger partial charge in [-0.1, -0.05) is 18.2 Å². The number of amides is 1. The molecule has 2 N–H and O–H groups in total. The first-order chi connectivity index (χ1) is 14.0. The fourth-order valence-corrected chi connectivity index (χ4v) is 4.10. The van der Waals surface area contributed by atoms with Gasteiger partial charge in [0.2, 0.25) is 5.91 Å². The number of carbonyl (C=O) groups is 1. The molecule has 0 unspecified atom stereocenters. The molecule has 1 saturated heterocycles. The molecule has 0 atom stereocenters. The first kappa shape index (κ1) is 19.4. The van der Waals surface area contributed by atoms with Gasteiger partial charge >= 0.3 is 0 Å². The fourth-order valence-electron chi connectivity index (χ4n) is 4.10. The van der Waals surface area contributed by atoms with Gasteiger partial charge in [-0.2, -0.15) is 0 Å². The van der Waals surface area contributed by atoms with Crippen molar-refractivity contribution in [2.75, 3.05) is 43.4 Å². The maximum Gasteiger partial charge on any atom is 0.228 e. The second kappa shape index (κ2) is 8.21. The third-order valence-electron chi connectivity index (χ3n) is 5.96. The minimum absolute atomic E-state index is 0.00997. The van der Waals surface area contributed by atoms with Gasteiger partial charge in [0.1, 0.15) is 0 Å². The molecular weight excluding hydrogens is 360 g/mol. The number of hydrogen-bond acceptors (Lipinski definition) is 3. The van der Waals surface area contributed by atoms with Crippen molar-refractivity contribution in [2.24, 2.45) is 0 Å². The molecule has 1 aliphatic rings. The molecule has 5 heteroatoms. The van der Waals surface area contributed by atoms with Gasteiger partial charge in [-0.05, 0) is 55.3 Å². The predicted octanol–water partition coefficient (Wildman–Crippen LogP) is 2.37. The van der Waals surface area contributed by atoms with E-state index in [0.29, 0.717) is 6.42 Å². The lowest BCUT2D eigenvalue weighted by Gasteiger charge is -2.31. The van der Waals surface area contributed by atoms with Crippen molar-refractivity contribution in [3.8, 4) is 0 Å². The van der Waals surface area contributed by atoms with E-state index in [-0.39, 0.29) is 5.91 Å². The summed E-state index contributed by atoms with van der Waals surface area (Å²) in [6, 6.07) is 16.3. The van der Waals surface area contributed by atoms with E-state index in [1.54, 1.807) is 4.90 Å². The number of nitrogens with zero attached hydrogens (tertiary/aromatic N) is 2. The molecule has 0 spiro atoms. The largest absolute Gasteiger partial charge is 0.360 e. The smallest absolute Gasteiger partial charge is 0.228 e. The molecule has 5 nitrogen and oxygen atoms in total. The Kier molecular flexibility index (Phi) is 5.49. The van der Waals surface area contributed by atoms with Gasteiger partial charge in [-0.25, -0.2) is 0 Å². The minimum Gasteiger partial charge on any atom is -0.360 e. The summed E-state index contributed by atoms with van der Waals surface area (Å²) in [6.45, 7) is 8.53. The van der Waals surface area contributed by atoms with Gasteiger partial charge in [-0.15, -0.1) is 0 Å². The summed E-state index contributed by atoms with van der Waals surface area (Å²) in [5.41, 5.74) is 6.11. The summed E-state index contributed by atoms with van der Waals surface area (Å²) in [5.74, 6) is -0.00997. The van der Waals surface area contributed by atoms with Crippen LogP contribution in [0.3, 0.4) is 0 Å². The number of hydrogen-bond donors (Lipinski definition) is 2. The zero-order valence-electron chi connectivity index (χ0n) is 17.5. The molecule has 4 rings (SSSR count). The van der Waals surface area contributed by atoms with Gasteiger partial charge in [0.25, 0.3) is 0 Å². The zero-order chi connectivity index (χ0) is 20.4. The number of nitrogens with one attached hydrogen (secondary N) is 2. The highest BCUT2D eigenvalue weighted by Crippen LogP contribution is 2.23. The van der Waals surface area contributed by atoms with Crippen LogP contribution in [0, 0.1) is 13.8 Å². The summed E-state index contributed by atoms with van der Waals surface area (Å²) >= 11 is 0. The predicted molar refractivity (Wildman–Crippen MR) is 119 cm³/mol. The standard InChI is InChI=1S/C24H28N4O/c1-17-21-6-4-5-7-23(21)25-18(2)22(17)16-24(29)26-19-8-10-20(11-9-19)28-14-12-27(3)13-15-28/h4-11H,12-16H2,1-3H3,(H,26,29)/p+1. The number of aryl methyl sites for hydroxylation is 2. The van der Waals surface area contributed by atoms with E-state index in [2.05, 4.69) is 47.4 Å². The third kappa shape index (κ3) is 4.25. The number of fused-ring (bicyclic) bond motifs is 1. The number of piperazine rings is 1. The quantitative estimate of drug-likeness (QED) is 0.720.